The van der Waals surface area contributed by atoms with Gasteiger partial charge in [-0.2, -0.15) is 0 Å². The Morgan fingerprint density at radius 2 is 1.90 bits per heavy atom. The van der Waals surface area contributed by atoms with Crippen LogP contribution in [0.1, 0.15) is 29.7 Å². The van der Waals surface area contributed by atoms with E-state index in [4.69, 9.17) is 11.6 Å². The summed E-state index contributed by atoms with van der Waals surface area (Å²) in [5, 5.41) is 14.7. The predicted molar refractivity (Wildman–Crippen MR) is 84.5 cm³/mol. The zero-order valence-electron chi connectivity index (χ0n) is 12.0. The molecule has 0 fully saturated rings. The molecule has 0 bridgehead atoms. The number of nitro groups is 1. The molecule has 2 aromatic carbocycles. The summed E-state index contributed by atoms with van der Waals surface area (Å²) in [7, 11) is 0. The van der Waals surface area contributed by atoms with Gasteiger partial charge in [-0.3, -0.25) is 10.1 Å². The Morgan fingerprint density at radius 3 is 2.52 bits per heavy atom. The first-order chi connectivity index (χ1) is 9.99. The van der Waals surface area contributed by atoms with Crippen LogP contribution >= 0.6 is 11.6 Å². The Bertz CT molecular complexity index is 641. The normalized spacial score (nSPS) is 12.1. The highest BCUT2D eigenvalue weighted by Crippen LogP contribution is 2.26. The molecule has 21 heavy (non-hydrogen) atoms. The van der Waals surface area contributed by atoms with Crippen LogP contribution in [0.5, 0.6) is 0 Å². The van der Waals surface area contributed by atoms with E-state index in [0.717, 1.165) is 5.56 Å². The number of halogens is 1. The smallest absolute Gasteiger partial charge is 0.275 e. The second kappa shape index (κ2) is 6.70. The Labute approximate surface area is 128 Å². The lowest BCUT2D eigenvalue weighted by Gasteiger charge is -2.15. The molecule has 0 saturated carbocycles. The van der Waals surface area contributed by atoms with Gasteiger partial charge in [0.15, 0.2) is 0 Å². The van der Waals surface area contributed by atoms with Gasteiger partial charge in [0.25, 0.3) is 5.69 Å². The summed E-state index contributed by atoms with van der Waals surface area (Å²) in [5.74, 6) is 0. The first-order valence-electron chi connectivity index (χ1n) is 6.70. The molecule has 0 amide bonds. The van der Waals surface area contributed by atoms with Gasteiger partial charge < -0.3 is 5.32 Å². The number of benzene rings is 2. The zero-order chi connectivity index (χ0) is 15.4. The molecule has 0 aliphatic rings. The van der Waals surface area contributed by atoms with Crippen LogP contribution in [0, 0.1) is 17.0 Å². The van der Waals surface area contributed by atoms with Crippen molar-refractivity contribution in [2.24, 2.45) is 0 Å². The van der Waals surface area contributed by atoms with E-state index >= 15 is 0 Å². The zero-order valence-corrected chi connectivity index (χ0v) is 12.7. The summed E-state index contributed by atoms with van der Waals surface area (Å²) in [6.45, 7) is 4.41. The van der Waals surface area contributed by atoms with E-state index in [2.05, 4.69) is 5.32 Å². The van der Waals surface area contributed by atoms with Gasteiger partial charge >= 0.3 is 0 Å². The van der Waals surface area contributed by atoms with Crippen molar-refractivity contribution < 1.29 is 4.92 Å². The van der Waals surface area contributed by atoms with Crippen molar-refractivity contribution in [3.05, 3.63) is 74.3 Å². The van der Waals surface area contributed by atoms with Crippen LogP contribution in [0.2, 0.25) is 5.02 Å². The second-order valence-electron chi connectivity index (χ2n) is 5.01. The van der Waals surface area contributed by atoms with Gasteiger partial charge in [0.1, 0.15) is 0 Å². The lowest BCUT2D eigenvalue weighted by atomic mass is 10.1. The van der Waals surface area contributed by atoms with Crippen molar-refractivity contribution in [1.29, 1.82) is 0 Å². The van der Waals surface area contributed by atoms with Crippen LogP contribution in [0.15, 0.2) is 42.5 Å². The van der Waals surface area contributed by atoms with E-state index in [0.29, 0.717) is 17.1 Å². The number of nitro benzene ring substituents is 1. The summed E-state index contributed by atoms with van der Waals surface area (Å²) in [6.07, 6.45) is 0. The fraction of sp³-hybridized carbons (Fsp3) is 0.250. The van der Waals surface area contributed by atoms with E-state index in [-0.39, 0.29) is 11.7 Å². The summed E-state index contributed by atoms with van der Waals surface area (Å²) in [5.41, 5.74) is 2.90. The molecule has 0 aliphatic carbocycles. The summed E-state index contributed by atoms with van der Waals surface area (Å²) in [4.78, 5) is 10.6. The van der Waals surface area contributed by atoms with Crippen LogP contribution in [-0.4, -0.2) is 4.92 Å². The number of nitrogens with one attached hydrogen (secondary N) is 1. The van der Waals surface area contributed by atoms with E-state index in [1.54, 1.807) is 12.1 Å². The topological polar surface area (TPSA) is 55.2 Å². The Kier molecular flexibility index (Phi) is 4.94. The standard InChI is InChI=1S/C16H17ClN2O2/c1-11-6-8-13(9-7-11)12(2)18-10-14-15(17)4-3-5-16(14)19(20)21/h3-9,12,18H,10H2,1-2H3/t12-/m1/s1. The fourth-order valence-corrected chi connectivity index (χ4v) is 2.36. The van der Waals surface area contributed by atoms with Gasteiger partial charge in [-0.15, -0.1) is 0 Å². The molecule has 0 saturated heterocycles. The molecular formula is C16H17ClN2O2. The molecule has 110 valence electrons. The maximum atomic E-state index is 11.0. The van der Waals surface area contributed by atoms with E-state index in [9.17, 15) is 10.1 Å². The average molecular weight is 305 g/mol. The van der Waals surface area contributed by atoms with E-state index in [1.165, 1.54) is 11.6 Å². The Morgan fingerprint density at radius 1 is 1.24 bits per heavy atom. The highest BCUT2D eigenvalue weighted by Gasteiger charge is 2.17. The van der Waals surface area contributed by atoms with Crippen molar-refractivity contribution in [3.63, 3.8) is 0 Å². The predicted octanol–water partition coefficient (Wildman–Crippen LogP) is 4.41. The minimum absolute atomic E-state index is 0.0473. The molecule has 5 heteroatoms. The molecule has 0 aromatic heterocycles. The van der Waals surface area contributed by atoms with Gasteiger partial charge in [0.05, 0.1) is 15.5 Å². The van der Waals surface area contributed by atoms with Gasteiger partial charge in [-0.05, 0) is 25.5 Å². The largest absolute Gasteiger partial charge is 0.306 e. The molecule has 2 aromatic rings. The van der Waals surface area contributed by atoms with Crippen molar-refractivity contribution in [2.45, 2.75) is 26.4 Å². The Hall–Kier alpha value is -1.91. The molecule has 0 radical (unpaired) electrons. The highest BCUT2D eigenvalue weighted by molar-refractivity contribution is 6.31. The first kappa shape index (κ1) is 15.5. The molecule has 0 aliphatic heterocycles. The van der Waals surface area contributed by atoms with Crippen LogP contribution < -0.4 is 5.32 Å². The van der Waals surface area contributed by atoms with E-state index in [1.807, 2.05) is 38.1 Å². The first-order valence-corrected chi connectivity index (χ1v) is 7.08. The third kappa shape index (κ3) is 3.80. The number of nitrogens with zero attached hydrogens (tertiary/aromatic N) is 1. The molecule has 1 atom stereocenters. The maximum absolute atomic E-state index is 11.0. The number of aryl methyl sites for hydroxylation is 1. The summed E-state index contributed by atoms with van der Waals surface area (Å²) < 4.78 is 0. The fourth-order valence-electron chi connectivity index (χ4n) is 2.12. The van der Waals surface area contributed by atoms with Gasteiger partial charge in [0, 0.05) is 18.7 Å². The van der Waals surface area contributed by atoms with Gasteiger partial charge in [0.2, 0.25) is 0 Å². The second-order valence-corrected chi connectivity index (χ2v) is 5.42. The monoisotopic (exact) mass is 304 g/mol. The molecule has 2 rings (SSSR count). The number of rotatable bonds is 5. The lowest BCUT2D eigenvalue weighted by molar-refractivity contribution is -0.385. The third-order valence-electron chi connectivity index (χ3n) is 3.45. The van der Waals surface area contributed by atoms with Gasteiger partial charge in [-0.25, -0.2) is 0 Å². The molecule has 0 spiro atoms. The molecule has 1 N–H and O–H groups in total. The average Bonchev–Trinajstić information content (AvgIpc) is 2.46. The van der Waals surface area contributed by atoms with Gasteiger partial charge in [-0.1, -0.05) is 47.5 Å². The number of hydrogen-bond acceptors (Lipinski definition) is 3. The molecule has 0 heterocycles. The van der Waals surface area contributed by atoms with Crippen molar-refractivity contribution in [1.82, 2.24) is 5.32 Å². The lowest BCUT2D eigenvalue weighted by Crippen LogP contribution is -2.19. The Balaban J connectivity index is 2.13. The molecule has 4 nitrogen and oxygen atoms in total. The van der Waals surface area contributed by atoms with E-state index < -0.39 is 4.92 Å². The molecule has 0 unspecified atom stereocenters. The highest BCUT2D eigenvalue weighted by atomic mass is 35.5. The quantitative estimate of drug-likeness (QED) is 0.657. The van der Waals surface area contributed by atoms with Crippen molar-refractivity contribution in [3.8, 4) is 0 Å². The minimum atomic E-state index is -0.403. The third-order valence-corrected chi connectivity index (χ3v) is 3.81. The number of hydrogen-bond donors (Lipinski definition) is 1. The van der Waals surface area contributed by atoms with Crippen LogP contribution in [0.25, 0.3) is 0 Å². The van der Waals surface area contributed by atoms with Crippen LogP contribution in [-0.2, 0) is 6.54 Å². The van der Waals surface area contributed by atoms with Crippen molar-refractivity contribution in [2.75, 3.05) is 0 Å². The SMILES string of the molecule is Cc1ccc([C@@H](C)NCc2c(Cl)cccc2[N+](=O)[O-])cc1. The summed E-state index contributed by atoms with van der Waals surface area (Å²) in [6, 6.07) is 13.0. The summed E-state index contributed by atoms with van der Waals surface area (Å²) >= 11 is 6.08. The van der Waals surface area contributed by atoms with Crippen molar-refractivity contribution >= 4 is 17.3 Å². The maximum Gasteiger partial charge on any atom is 0.275 e. The van der Waals surface area contributed by atoms with Crippen LogP contribution in [0.4, 0.5) is 5.69 Å². The van der Waals surface area contributed by atoms with Crippen LogP contribution in [0.3, 0.4) is 0 Å². The minimum Gasteiger partial charge on any atom is -0.306 e. The molecular weight excluding hydrogens is 288 g/mol.